The summed E-state index contributed by atoms with van der Waals surface area (Å²) < 4.78 is 0. The van der Waals surface area contributed by atoms with Crippen LogP contribution in [0.5, 0.6) is 0 Å². The minimum atomic E-state index is -0.761. The number of carbonyl (C=O) groups excluding carboxylic acids is 8. The molecule has 4 unspecified atom stereocenters. The molecular weight excluding hydrogens is 1250 g/mol. The van der Waals surface area contributed by atoms with Crippen molar-refractivity contribution in [1.29, 1.82) is 0 Å². The van der Waals surface area contributed by atoms with E-state index in [0.717, 1.165) is 47.1 Å². The first-order chi connectivity index (χ1) is 48.1. The van der Waals surface area contributed by atoms with E-state index in [9.17, 15) is 38.4 Å². The quantitative estimate of drug-likeness (QED) is 0.0478. The fourth-order valence-electron chi connectivity index (χ4n) is 12.6. The van der Waals surface area contributed by atoms with Gasteiger partial charge in [-0.1, -0.05) is 207 Å². The van der Waals surface area contributed by atoms with Gasteiger partial charge in [0.25, 0.3) is 0 Å². The average molecular weight is 1340 g/mol. The largest absolute Gasteiger partial charge is 0.352 e. The summed E-state index contributed by atoms with van der Waals surface area (Å²) in [5.41, 5.74) is 7.03. The van der Waals surface area contributed by atoms with Gasteiger partial charge in [-0.3, -0.25) is 24.2 Å². The van der Waals surface area contributed by atoms with Gasteiger partial charge in [0.1, 0.15) is 18.1 Å². The number of rotatable bonds is 23. The third-order valence-electron chi connectivity index (χ3n) is 18.5. The summed E-state index contributed by atoms with van der Waals surface area (Å²) in [5.74, 6) is -0.454. The van der Waals surface area contributed by atoms with Gasteiger partial charge in [0.2, 0.25) is 23.6 Å². The van der Waals surface area contributed by atoms with E-state index in [1.165, 1.54) is 24.8 Å². The van der Waals surface area contributed by atoms with Crippen LogP contribution in [0, 0.1) is 0 Å². The van der Waals surface area contributed by atoms with Crippen LogP contribution in [0.2, 0.25) is 0 Å². The maximum absolute atomic E-state index is 13.2. The number of likely N-dealkylation sites (N-methyl/N-ethyl adjacent to an activating group) is 2. The Morgan fingerprint density at radius 2 is 0.778 bits per heavy atom. The Labute approximate surface area is 582 Å². The summed E-state index contributed by atoms with van der Waals surface area (Å²) in [4.78, 5) is 118. The maximum atomic E-state index is 13.2. The standard InChI is InChI=1S/C24H24N4O2.C20H23N3O2.C20H29N3O2.C14H19N3O2/c29-23(26-17-19-9-3-1-4-10-19)22(21-13-7-8-14-25-21)28-16-15-27(24(28)30)18-20-11-5-2-6-12-20;1-16(19(24)21-14-17-8-4-2-5-9-17)23-13-12-22(20(23)25)15-18-10-6-3-7-11-18;1-22-14-15-23(20(22)25)18(13-12-16-8-4-2-5-9-16)19(24)21-17-10-6-3-7-11-17;1-11(17-9-8-16(2)14(17)19)13(18)15-10-12-6-4-3-5-7-12/h1-14,22H,15-18H2,(H,26,29);2-11,16H,12-15H2,1H3,(H,21,24);2,4-5,8-9,17-18H,3,6-7,10-15H2,1H3,(H,21,24);3-7,11H,8-10H2,1-2H3,(H,15,18). The molecule has 0 bridgehead atoms. The lowest BCUT2D eigenvalue weighted by molar-refractivity contribution is -0.127. The lowest BCUT2D eigenvalue weighted by Gasteiger charge is -2.30. The Hall–Kier alpha value is -10.6. The Balaban J connectivity index is 0.000000156. The van der Waals surface area contributed by atoms with Gasteiger partial charge >= 0.3 is 24.1 Å². The van der Waals surface area contributed by atoms with E-state index in [4.69, 9.17) is 0 Å². The topological polar surface area (TPSA) is 223 Å². The summed E-state index contributed by atoms with van der Waals surface area (Å²) >= 11 is 0. The normalized spacial score (nSPS) is 16.5. The van der Waals surface area contributed by atoms with Crippen molar-refractivity contribution in [3.8, 4) is 0 Å². The van der Waals surface area contributed by atoms with Crippen molar-refractivity contribution in [3.63, 3.8) is 0 Å². The molecule has 0 radical (unpaired) electrons. The van der Waals surface area contributed by atoms with Crippen LogP contribution in [0.25, 0.3) is 0 Å². The Bertz CT molecular complexity index is 3690. The van der Waals surface area contributed by atoms with Crippen molar-refractivity contribution in [1.82, 2.24) is 65.5 Å². The number of benzene rings is 6. The van der Waals surface area contributed by atoms with Crippen LogP contribution in [-0.2, 0) is 58.3 Å². The predicted octanol–water partition coefficient (Wildman–Crippen LogP) is 9.87. The van der Waals surface area contributed by atoms with Gasteiger partial charge in [-0.05, 0) is 85.0 Å². The van der Waals surface area contributed by atoms with E-state index in [2.05, 4.69) is 38.4 Å². The van der Waals surface area contributed by atoms with Crippen molar-refractivity contribution in [2.75, 3.05) is 66.5 Å². The van der Waals surface area contributed by atoms with Crippen LogP contribution in [0.4, 0.5) is 19.2 Å². The second kappa shape index (κ2) is 37.2. The first-order valence-corrected chi connectivity index (χ1v) is 34.5. The molecule has 520 valence electrons. The zero-order chi connectivity index (χ0) is 69.9. The van der Waals surface area contributed by atoms with Gasteiger partial charge in [0, 0.05) is 111 Å². The molecule has 99 heavy (non-hydrogen) atoms. The highest BCUT2D eigenvalue weighted by molar-refractivity contribution is 5.90. The SMILES string of the molecule is CC(C(=O)NCc1ccccc1)N1CCN(C)C1=O.CC(C(=O)NCc1ccccc1)N1CCN(Cc2ccccc2)C1=O.CN1CCN(C(CCc2ccccc2)C(=O)NC2CCCCC2)C1=O.O=C(NCc1ccccc1)C(c1ccccn1)N1CCN(Cc2ccccc2)C1=O. The van der Waals surface area contributed by atoms with Crippen LogP contribution < -0.4 is 21.3 Å². The number of hydrogen-bond donors (Lipinski definition) is 4. The molecule has 4 saturated heterocycles. The molecule has 5 heterocycles. The lowest BCUT2D eigenvalue weighted by atomic mass is 9.95. The van der Waals surface area contributed by atoms with Crippen molar-refractivity contribution in [2.24, 2.45) is 0 Å². The monoisotopic (exact) mass is 1340 g/mol. The van der Waals surface area contributed by atoms with E-state index in [0.29, 0.717) is 97.2 Å². The molecule has 5 aliphatic rings. The van der Waals surface area contributed by atoms with Gasteiger partial charge in [-0.25, -0.2) is 19.2 Å². The first kappa shape index (κ1) is 72.7. The number of aromatic nitrogens is 1. The van der Waals surface area contributed by atoms with Crippen LogP contribution in [0.1, 0.15) is 97.5 Å². The third kappa shape index (κ3) is 21.2. The number of nitrogens with zero attached hydrogens (tertiary/aromatic N) is 9. The van der Waals surface area contributed by atoms with Crippen LogP contribution in [0.3, 0.4) is 0 Å². The maximum Gasteiger partial charge on any atom is 0.321 e. The highest BCUT2D eigenvalue weighted by Crippen LogP contribution is 2.27. The first-order valence-electron chi connectivity index (χ1n) is 34.5. The zero-order valence-electron chi connectivity index (χ0n) is 57.4. The summed E-state index contributed by atoms with van der Waals surface area (Å²) in [6.07, 6.45) is 8.87. The van der Waals surface area contributed by atoms with E-state index >= 15 is 0 Å². The Morgan fingerprint density at radius 1 is 0.404 bits per heavy atom. The minimum Gasteiger partial charge on any atom is -0.352 e. The van der Waals surface area contributed by atoms with Gasteiger partial charge in [-0.2, -0.15) is 0 Å². The minimum absolute atomic E-state index is 0.0199. The summed E-state index contributed by atoms with van der Waals surface area (Å²) in [5, 5.41) is 12.0. The highest BCUT2D eigenvalue weighted by atomic mass is 16.2. The number of urea groups is 4. The molecule has 21 heteroatoms. The molecule has 1 saturated carbocycles. The van der Waals surface area contributed by atoms with Gasteiger partial charge in [-0.15, -0.1) is 0 Å². The average Bonchev–Trinajstić information content (AvgIpc) is 1.66. The van der Waals surface area contributed by atoms with Crippen LogP contribution in [0.15, 0.2) is 206 Å². The Kier molecular flexibility index (Phi) is 27.3. The highest BCUT2D eigenvalue weighted by Gasteiger charge is 2.40. The number of aryl methyl sites for hydroxylation is 1. The predicted molar refractivity (Wildman–Crippen MR) is 382 cm³/mol. The molecule has 7 aromatic rings. The third-order valence-corrected chi connectivity index (χ3v) is 18.5. The summed E-state index contributed by atoms with van der Waals surface area (Å²) in [6.45, 7) is 10.9. The van der Waals surface area contributed by atoms with Gasteiger partial charge < -0.3 is 60.5 Å². The summed E-state index contributed by atoms with van der Waals surface area (Å²) in [7, 11) is 3.55. The molecule has 1 aromatic heterocycles. The molecule has 4 N–H and O–H groups in total. The van der Waals surface area contributed by atoms with E-state index in [1.807, 2.05) is 176 Å². The second-order valence-corrected chi connectivity index (χ2v) is 25.6. The molecular formula is C78H95N13O8. The number of carbonyl (C=O) groups is 8. The fourth-order valence-corrected chi connectivity index (χ4v) is 12.6. The molecule has 12 amide bonds. The molecule has 4 atom stereocenters. The van der Waals surface area contributed by atoms with Gasteiger partial charge in [0.05, 0.1) is 5.69 Å². The van der Waals surface area contributed by atoms with E-state index < -0.39 is 18.1 Å². The molecule has 4 aliphatic heterocycles. The van der Waals surface area contributed by atoms with Crippen LogP contribution >= 0.6 is 0 Å². The lowest BCUT2D eigenvalue weighted by Crippen LogP contribution is -2.51. The Morgan fingerprint density at radius 3 is 1.20 bits per heavy atom. The van der Waals surface area contributed by atoms with E-state index in [1.54, 1.807) is 85.5 Å². The number of hydrogen-bond acceptors (Lipinski definition) is 9. The molecule has 0 spiro atoms. The fraction of sp³-hybridized carbons (Fsp3) is 0.372. The number of amides is 12. The van der Waals surface area contributed by atoms with Crippen molar-refractivity contribution in [2.45, 2.75) is 122 Å². The van der Waals surface area contributed by atoms with Crippen molar-refractivity contribution in [3.05, 3.63) is 245 Å². The molecule has 5 fully saturated rings. The molecule has 21 nitrogen and oxygen atoms in total. The van der Waals surface area contributed by atoms with Crippen LogP contribution in [-0.4, -0.2) is 183 Å². The molecule has 1 aliphatic carbocycles. The number of pyridine rings is 1. The van der Waals surface area contributed by atoms with Gasteiger partial charge in [0.15, 0.2) is 6.04 Å². The van der Waals surface area contributed by atoms with Crippen molar-refractivity contribution >= 4 is 47.8 Å². The molecule has 6 aromatic carbocycles. The second-order valence-electron chi connectivity index (χ2n) is 25.6. The number of nitrogens with one attached hydrogen (secondary N) is 4. The van der Waals surface area contributed by atoms with Crippen molar-refractivity contribution < 1.29 is 38.4 Å². The smallest absolute Gasteiger partial charge is 0.321 e. The summed E-state index contributed by atoms with van der Waals surface area (Å²) in [6, 6.07) is 62.5. The van der Waals surface area contributed by atoms with E-state index in [-0.39, 0.29) is 59.8 Å². The zero-order valence-corrected chi connectivity index (χ0v) is 57.4. The molecule has 12 rings (SSSR count).